The Balaban J connectivity index is 1.36. The fraction of sp³-hybridized carbons (Fsp3) is 0.767. The lowest BCUT2D eigenvalue weighted by molar-refractivity contribution is -0.140. The van der Waals surface area contributed by atoms with E-state index < -0.39 is 0 Å². The SMILES string of the molecule is Cc1cc(OC(=O)C2CCC(C3CCC(C)CC3)CC2)c(C)c(C)c1C1CCC(C)CC1. The molecule has 1 aromatic carbocycles. The van der Waals surface area contributed by atoms with Gasteiger partial charge in [-0.25, -0.2) is 0 Å². The van der Waals surface area contributed by atoms with Crippen LogP contribution in [0.4, 0.5) is 0 Å². The van der Waals surface area contributed by atoms with Crippen LogP contribution in [0.2, 0.25) is 0 Å². The third kappa shape index (κ3) is 5.26. The zero-order valence-electron chi connectivity index (χ0n) is 21.3. The third-order valence-electron chi connectivity index (χ3n) is 9.58. The molecule has 0 spiro atoms. The summed E-state index contributed by atoms with van der Waals surface area (Å²) in [5, 5.41) is 0. The normalized spacial score (nSPS) is 33.7. The molecule has 0 amide bonds. The van der Waals surface area contributed by atoms with E-state index in [0.29, 0.717) is 5.92 Å². The lowest BCUT2D eigenvalue weighted by Gasteiger charge is -2.36. The number of hydrogen-bond acceptors (Lipinski definition) is 2. The second-order valence-corrected chi connectivity index (χ2v) is 11.9. The number of benzene rings is 1. The summed E-state index contributed by atoms with van der Waals surface area (Å²) in [6.45, 7) is 11.4. The first-order valence-corrected chi connectivity index (χ1v) is 13.7. The standard InChI is InChI=1S/C30H46O2/c1-19-6-10-24(11-7-19)25-14-16-27(17-15-25)30(31)32-28-18-21(3)29(23(5)22(28)4)26-12-8-20(2)9-13-26/h18-20,24-27H,6-17H2,1-5H3. The molecule has 0 N–H and O–H groups in total. The van der Waals surface area contributed by atoms with Crippen LogP contribution >= 0.6 is 0 Å². The molecule has 3 aliphatic carbocycles. The van der Waals surface area contributed by atoms with Crippen molar-refractivity contribution in [1.29, 1.82) is 0 Å². The monoisotopic (exact) mass is 438 g/mol. The number of esters is 1. The van der Waals surface area contributed by atoms with E-state index in [9.17, 15) is 4.79 Å². The molecule has 0 radical (unpaired) electrons. The Morgan fingerprint density at radius 3 is 1.78 bits per heavy atom. The van der Waals surface area contributed by atoms with Crippen molar-refractivity contribution in [3.63, 3.8) is 0 Å². The van der Waals surface area contributed by atoms with Gasteiger partial charge in [-0.2, -0.15) is 0 Å². The molecule has 0 aromatic heterocycles. The highest BCUT2D eigenvalue weighted by atomic mass is 16.5. The summed E-state index contributed by atoms with van der Waals surface area (Å²) < 4.78 is 6.06. The van der Waals surface area contributed by atoms with E-state index in [2.05, 4.69) is 40.7 Å². The molecule has 2 nitrogen and oxygen atoms in total. The van der Waals surface area contributed by atoms with Crippen molar-refractivity contribution < 1.29 is 9.53 Å². The summed E-state index contributed by atoms with van der Waals surface area (Å²) in [4.78, 5) is 13.1. The Kier molecular flexibility index (Phi) is 7.68. The minimum atomic E-state index is 0.0156. The predicted octanol–water partition coefficient (Wildman–Crippen LogP) is 8.44. The van der Waals surface area contributed by atoms with Crippen molar-refractivity contribution >= 4 is 5.97 Å². The number of rotatable bonds is 4. The molecule has 4 rings (SSSR count). The molecular weight excluding hydrogens is 392 g/mol. The Morgan fingerprint density at radius 2 is 1.22 bits per heavy atom. The van der Waals surface area contributed by atoms with Gasteiger partial charge in [0.05, 0.1) is 5.92 Å². The molecule has 0 aliphatic heterocycles. The highest BCUT2D eigenvalue weighted by molar-refractivity contribution is 5.76. The molecule has 2 heteroatoms. The molecule has 3 fully saturated rings. The van der Waals surface area contributed by atoms with Crippen molar-refractivity contribution in [3.8, 4) is 5.75 Å². The third-order valence-corrected chi connectivity index (χ3v) is 9.58. The summed E-state index contributed by atoms with van der Waals surface area (Å²) in [5.41, 5.74) is 5.35. The van der Waals surface area contributed by atoms with Crippen LogP contribution in [0.5, 0.6) is 5.75 Å². The molecule has 1 aromatic rings. The zero-order valence-corrected chi connectivity index (χ0v) is 21.3. The Morgan fingerprint density at radius 1 is 0.719 bits per heavy atom. The number of hydrogen-bond donors (Lipinski definition) is 0. The van der Waals surface area contributed by atoms with E-state index in [1.807, 2.05) is 0 Å². The van der Waals surface area contributed by atoms with Gasteiger partial charge in [-0.3, -0.25) is 4.79 Å². The van der Waals surface area contributed by atoms with Gasteiger partial charge in [0.1, 0.15) is 5.75 Å². The molecule has 3 saturated carbocycles. The zero-order chi connectivity index (χ0) is 22.8. The van der Waals surface area contributed by atoms with Crippen molar-refractivity contribution in [3.05, 3.63) is 28.3 Å². The quantitative estimate of drug-likeness (QED) is 0.348. The van der Waals surface area contributed by atoms with Gasteiger partial charge in [0.15, 0.2) is 0 Å². The Hall–Kier alpha value is -1.31. The van der Waals surface area contributed by atoms with Crippen molar-refractivity contribution in [1.82, 2.24) is 0 Å². The number of ether oxygens (including phenoxy) is 1. The minimum absolute atomic E-state index is 0.0156. The second-order valence-electron chi connectivity index (χ2n) is 11.9. The average molecular weight is 439 g/mol. The molecule has 3 aliphatic rings. The molecule has 178 valence electrons. The summed E-state index contributed by atoms with van der Waals surface area (Å²) >= 11 is 0. The predicted molar refractivity (Wildman–Crippen MR) is 133 cm³/mol. The molecule has 0 atom stereocenters. The largest absolute Gasteiger partial charge is 0.426 e. The van der Waals surface area contributed by atoms with Crippen molar-refractivity contribution in [2.24, 2.45) is 29.6 Å². The highest BCUT2D eigenvalue weighted by Crippen LogP contribution is 2.43. The van der Waals surface area contributed by atoms with Gasteiger partial charge < -0.3 is 4.74 Å². The molecule has 32 heavy (non-hydrogen) atoms. The van der Waals surface area contributed by atoms with Crippen LogP contribution in [0.3, 0.4) is 0 Å². The Labute approximate surface area is 196 Å². The first kappa shape index (κ1) is 23.8. The van der Waals surface area contributed by atoms with Gasteiger partial charge >= 0.3 is 5.97 Å². The van der Waals surface area contributed by atoms with Crippen LogP contribution in [-0.2, 0) is 4.79 Å². The van der Waals surface area contributed by atoms with E-state index in [1.165, 1.54) is 86.5 Å². The van der Waals surface area contributed by atoms with Gasteiger partial charge in [-0.15, -0.1) is 0 Å². The van der Waals surface area contributed by atoms with Crippen LogP contribution in [0, 0.1) is 50.4 Å². The van der Waals surface area contributed by atoms with E-state index >= 15 is 0 Å². The van der Waals surface area contributed by atoms with Gasteiger partial charge in [0.25, 0.3) is 0 Å². The van der Waals surface area contributed by atoms with E-state index in [0.717, 1.165) is 42.3 Å². The summed E-state index contributed by atoms with van der Waals surface area (Å²) in [5.74, 6) is 5.12. The van der Waals surface area contributed by atoms with Crippen LogP contribution < -0.4 is 4.74 Å². The highest BCUT2D eigenvalue weighted by Gasteiger charge is 2.33. The summed E-state index contributed by atoms with van der Waals surface area (Å²) in [6.07, 6.45) is 15.4. The maximum Gasteiger partial charge on any atom is 0.314 e. The molecular formula is C30H46O2. The topological polar surface area (TPSA) is 26.3 Å². The van der Waals surface area contributed by atoms with Gasteiger partial charge in [-0.05, 0) is 130 Å². The van der Waals surface area contributed by atoms with Crippen molar-refractivity contribution in [2.75, 3.05) is 0 Å². The minimum Gasteiger partial charge on any atom is -0.426 e. The molecule has 0 bridgehead atoms. The fourth-order valence-electron chi connectivity index (χ4n) is 7.12. The first-order valence-electron chi connectivity index (χ1n) is 13.7. The van der Waals surface area contributed by atoms with Crippen LogP contribution in [0.15, 0.2) is 6.07 Å². The summed E-state index contributed by atoms with van der Waals surface area (Å²) in [7, 11) is 0. The van der Waals surface area contributed by atoms with Gasteiger partial charge in [-0.1, -0.05) is 39.5 Å². The summed E-state index contributed by atoms with van der Waals surface area (Å²) in [6, 6.07) is 2.16. The lowest BCUT2D eigenvalue weighted by atomic mass is 9.69. The first-order chi connectivity index (χ1) is 15.3. The van der Waals surface area contributed by atoms with Gasteiger partial charge in [0.2, 0.25) is 0 Å². The van der Waals surface area contributed by atoms with E-state index in [-0.39, 0.29) is 11.9 Å². The van der Waals surface area contributed by atoms with Crippen LogP contribution in [0.1, 0.15) is 119 Å². The maximum atomic E-state index is 13.1. The molecule has 0 unspecified atom stereocenters. The van der Waals surface area contributed by atoms with Crippen LogP contribution in [0.25, 0.3) is 0 Å². The van der Waals surface area contributed by atoms with Gasteiger partial charge in [0, 0.05) is 0 Å². The number of aryl methyl sites for hydroxylation is 1. The van der Waals surface area contributed by atoms with Crippen molar-refractivity contribution in [2.45, 2.75) is 118 Å². The van der Waals surface area contributed by atoms with Crippen LogP contribution in [-0.4, -0.2) is 5.97 Å². The smallest absolute Gasteiger partial charge is 0.314 e. The lowest BCUT2D eigenvalue weighted by Crippen LogP contribution is -2.30. The van der Waals surface area contributed by atoms with E-state index in [4.69, 9.17) is 4.74 Å². The number of carbonyl (C=O) groups excluding carboxylic acids is 1. The van der Waals surface area contributed by atoms with E-state index in [1.54, 1.807) is 0 Å². The Bertz CT molecular complexity index is 786. The average Bonchev–Trinajstić information content (AvgIpc) is 2.79. The fourth-order valence-corrected chi connectivity index (χ4v) is 7.12. The molecule has 0 saturated heterocycles. The maximum absolute atomic E-state index is 13.1. The second kappa shape index (κ2) is 10.3. The molecule has 0 heterocycles. The number of carbonyl (C=O) groups is 1.